The first-order chi connectivity index (χ1) is 14.9. The predicted octanol–water partition coefficient (Wildman–Crippen LogP) is 4.09. The van der Waals surface area contributed by atoms with Gasteiger partial charge in [0.15, 0.2) is 5.60 Å². The van der Waals surface area contributed by atoms with E-state index in [1.165, 1.54) is 4.90 Å². The van der Waals surface area contributed by atoms with Crippen LogP contribution in [0.4, 0.5) is 11.4 Å². The molecule has 1 aliphatic heterocycles. The molecule has 3 aromatic rings. The maximum absolute atomic E-state index is 13.5. The van der Waals surface area contributed by atoms with Gasteiger partial charge in [0.2, 0.25) is 5.91 Å². The van der Waals surface area contributed by atoms with Gasteiger partial charge in [-0.3, -0.25) is 14.5 Å². The molecule has 1 unspecified atom stereocenters. The molecule has 5 heteroatoms. The van der Waals surface area contributed by atoms with Crippen molar-refractivity contribution in [1.29, 1.82) is 0 Å². The van der Waals surface area contributed by atoms with Gasteiger partial charge in [-0.2, -0.15) is 0 Å². The average molecular weight is 415 g/mol. The third-order valence-electron chi connectivity index (χ3n) is 5.88. The molecule has 0 spiro atoms. The summed E-state index contributed by atoms with van der Waals surface area (Å²) < 4.78 is 0. The molecule has 2 amide bonds. The number of nitrogens with one attached hydrogen (secondary N) is 1. The zero-order valence-electron chi connectivity index (χ0n) is 18.0. The number of aryl methyl sites for hydroxylation is 3. The van der Waals surface area contributed by atoms with Crippen molar-refractivity contribution in [1.82, 2.24) is 0 Å². The topological polar surface area (TPSA) is 69.6 Å². The van der Waals surface area contributed by atoms with Gasteiger partial charge in [-0.15, -0.1) is 0 Å². The first kappa shape index (κ1) is 20.8. The number of para-hydroxylation sites is 2. The lowest BCUT2D eigenvalue weighted by Crippen LogP contribution is -2.44. The van der Waals surface area contributed by atoms with E-state index in [1.54, 1.807) is 36.4 Å². The van der Waals surface area contributed by atoms with Crippen molar-refractivity contribution in [3.05, 3.63) is 94.5 Å². The van der Waals surface area contributed by atoms with Crippen molar-refractivity contribution in [3.63, 3.8) is 0 Å². The van der Waals surface area contributed by atoms with Crippen LogP contribution in [0.25, 0.3) is 0 Å². The Morgan fingerprint density at radius 1 is 1.03 bits per heavy atom. The third kappa shape index (κ3) is 3.51. The van der Waals surface area contributed by atoms with Crippen LogP contribution in [0.2, 0.25) is 0 Å². The van der Waals surface area contributed by atoms with Crippen LogP contribution < -0.4 is 10.2 Å². The zero-order chi connectivity index (χ0) is 22.2. The lowest BCUT2D eigenvalue weighted by atomic mass is 9.87. The number of hydrogen-bond acceptors (Lipinski definition) is 3. The van der Waals surface area contributed by atoms with Gasteiger partial charge >= 0.3 is 0 Å². The average Bonchev–Trinajstić information content (AvgIpc) is 2.98. The first-order valence-electron chi connectivity index (χ1n) is 10.5. The van der Waals surface area contributed by atoms with Crippen LogP contribution in [0, 0.1) is 13.8 Å². The fraction of sp³-hybridized carbons (Fsp3) is 0.231. The van der Waals surface area contributed by atoms with E-state index in [0.717, 1.165) is 28.8 Å². The van der Waals surface area contributed by atoms with Gasteiger partial charge in [0.1, 0.15) is 6.54 Å². The van der Waals surface area contributed by atoms with Crippen molar-refractivity contribution in [3.8, 4) is 0 Å². The van der Waals surface area contributed by atoms with Gasteiger partial charge in [0, 0.05) is 11.3 Å². The standard InChI is InChI=1S/C26H26N2O3/c1-4-19-11-8-10-18(3)24(19)27-23(29)16-28-22-14-6-5-13-21(22)26(31,25(28)30)20-12-7-9-17(2)15-20/h5-15,31H,4,16H2,1-3H3,(H,27,29). The molecule has 4 rings (SSSR count). The fourth-order valence-corrected chi connectivity index (χ4v) is 4.27. The lowest BCUT2D eigenvalue weighted by Gasteiger charge is -2.24. The minimum absolute atomic E-state index is 0.179. The highest BCUT2D eigenvalue weighted by atomic mass is 16.3. The number of carbonyl (C=O) groups excluding carboxylic acids is 2. The van der Waals surface area contributed by atoms with E-state index in [1.807, 2.05) is 51.1 Å². The monoisotopic (exact) mass is 414 g/mol. The smallest absolute Gasteiger partial charge is 0.268 e. The molecule has 2 N–H and O–H groups in total. The summed E-state index contributed by atoms with van der Waals surface area (Å²) in [6.07, 6.45) is 0.788. The highest BCUT2D eigenvalue weighted by Crippen LogP contribution is 2.44. The maximum Gasteiger partial charge on any atom is 0.268 e. The molecule has 5 nitrogen and oxygen atoms in total. The highest BCUT2D eigenvalue weighted by molar-refractivity contribution is 6.12. The summed E-state index contributed by atoms with van der Waals surface area (Å²) in [6.45, 7) is 5.71. The maximum atomic E-state index is 13.5. The van der Waals surface area contributed by atoms with Crippen molar-refractivity contribution >= 4 is 23.2 Å². The van der Waals surface area contributed by atoms with Gasteiger partial charge in [-0.25, -0.2) is 0 Å². The van der Waals surface area contributed by atoms with Crippen LogP contribution in [0.5, 0.6) is 0 Å². The van der Waals surface area contributed by atoms with E-state index in [-0.39, 0.29) is 12.5 Å². The number of fused-ring (bicyclic) bond motifs is 1. The summed E-state index contributed by atoms with van der Waals surface area (Å²) in [5, 5.41) is 14.6. The molecule has 0 saturated heterocycles. The molecule has 0 radical (unpaired) electrons. The van der Waals surface area contributed by atoms with E-state index < -0.39 is 11.5 Å². The minimum Gasteiger partial charge on any atom is -0.372 e. The summed E-state index contributed by atoms with van der Waals surface area (Å²) in [7, 11) is 0. The molecule has 31 heavy (non-hydrogen) atoms. The van der Waals surface area contributed by atoms with E-state index >= 15 is 0 Å². The van der Waals surface area contributed by atoms with Gasteiger partial charge < -0.3 is 10.4 Å². The second-order valence-corrected chi connectivity index (χ2v) is 8.00. The number of hydrogen-bond donors (Lipinski definition) is 2. The molecular weight excluding hydrogens is 388 g/mol. The molecule has 1 aliphatic rings. The molecular formula is C26H26N2O3. The van der Waals surface area contributed by atoms with Crippen molar-refractivity contribution in [2.45, 2.75) is 32.8 Å². The summed E-state index contributed by atoms with van der Waals surface area (Å²) >= 11 is 0. The van der Waals surface area contributed by atoms with Gasteiger partial charge in [0.25, 0.3) is 5.91 Å². The molecule has 1 heterocycles. The van der Waals surface area contributed by atoms with E-state index in [2.05, 4.69) is 5.32 Å². The summed E-state index contributed by atoms with van der Waals surface area (Å²) in [5.74, 6) is -0.824. The zero-order valence-corrected chi connectivity index (χ0v) is 18.0. The molecule has 1 atom stereocenters. The Kier molecular flexibility index (Phi) is 5.38. The Bertz CT molecular complexity index is 1170. The quantitative estimate of drug-likeness (QED) is 0.661. The summed E-state index contributed by atoms with van der Waals surface area (Å²) in [6, 6.07) is 20.3. The number of aliphatic hydroxyl groups is 1. The molecule has 0 aliphatic carbocycles. The molecule has 3 aromatic carbocycles. The number of nitrogens with zero attached hydrogens (tertiary/aromatic N) is 1. The SMILES string of the molecule is CCc1cccc(C)c1NC(=O)CN1C(=O)C(O)(c2cccc(C)c2)c2ccccc21. The number of benzene rings is 3. The largest absolute Gasteiger partial charge is 0.372 e. The van der Waals surface area contributed by atoms with Crippen molar-refractivity contribution < 1.29 is 14.7 Å². The van der Waals surface area contributed by atoms with Crippen LogP contribution in [0.1, 0.15) is 34.7 Å². The van der Waals surface area contributed by atoms with Gasteiger partial charge in [-0.05, 0) is 43.0 Å². The summed E-state index contributed by atoms with van der Waals surface area (Å²) in [4.78, 5) is 27.8. The number of rotatable bonds is 5. The van der Waals surface area contributed by atoms with E-state index in [9.17, 15) is 14.7 Å². The van der Waals surface area contributed by atoms with Crippen LogP contribution in [0.15, 0.2) is 66.7 Å². The first-order valence-corrected chi connectivity index (χ1v) is 10.5. The molecule has 158 valence electrons. The number of carbonyl (C=O) groups is 2. The molecule has 0 saturated carbocycles. The Morgan fingerprint density at radius 2 is 1.77 bits per heavy atom. The Balaban J connectivity index is 1.67. The van der Waals surface area contributed by atoms with Crippen molar-refractivity contribution in [2.24, 2.45) is 0 Å². The Hall–Kier alpha value is -3.44. The van der Waals surface area contributed by atoms with Gasteiger partial charge in [0.05, 0.1) is 5.69 Å². The normalized spacial score (nSPS) is 17.5. The fourth-order valence-electron chi connectivity index (χ4n) is 4.27. The van der Waals surface area contributed by atoms with Crippen LogP contribution in [-0.2, 0) is 21.6 Å². The van der Waals surface area contributed by atoms with Crippen LogP contribution in [-0.4, -0.2) is 23.5 Å². The Labute approximate surface area is 182 Å². The molecule has 0 bridgehead atoms. The lowest BCUT2D eigenvalue weighted by molar-refractivity contribution is -0.133. The van der Waals surface area contributed by atoms with Gasteiger partial charge in [-0.1, -0.05) is 73.2 Å². The predicted molar refractivity (Wildman–Crippen MR) is 122 cm³/mol. The third-order valence-corrected chi connectivity index (χ3v) is 5.88. The van der Waals surface area contributed by atoms with E-state index in [4.69, 9.17) is 0 Å². The highest BCUT2D eigenvalue weighted by Gasteiger charge is 2.51. The van der Waals surface area contributed by atoms with E-state index in [0.29, 0.717) is 16.8 Å². The van der Waals surface area contributed by atoms with Crippen molar-refractivity contribution in [2.75, 3.05) is 16.8 Å². The Morgan fingerprint density at radius 3 is 2.52 bits per heavy atom. The number of anilines is 2. The van der Waals surface area contributed by atoms with Crippen LogP contribution >= 0.6 is 0 Å². The van der Waals surface area contributed by atoms with Crippen LogP contribution in [0.3, 0.4) is 0 Å². The number of amides is 2. The summed E-state index contributed by atoms with van der Waals surface area (Å²) in [5.41, 5.74) is 3.45. The molecule has 0 fully saturated rings. The minimum atomic E-state index is -1.82. The second kappa shape index (κ2) is 8.00. The second-order valence-electron chi connectivity index (χ2n) is 8.00. The molecule has 0 aromatic heterocycles.